The third-order valence-corrected chi connectivity index (χ3v) is 5.08. The van der Waals surface area contributed by atoms with Crippen LogP contribution < -0.4 is 9.64 Å². The van der Waals surface area contributed by atoms with E-state index in [4.69, 9.17) is 30.5 Å². The molecule has 0 unspecified atom stereocenters. The number of rotatable bonds is 7. The zero-order valence-corrected chi connectivity index (χ0v) is 18.6. The van der Waals surface area contributed by atoms with Crippen LogP contribution >= 0.6 is 11.6 Å². The molecule has 0 N–H and O–H groups in total. The van der Waals surface area contributed by atoms with Gasteiger partial charge < -0.3 is 23.8 Å². The third-order valence-electron chi connectivity index (χ3n) is 4.76. The normalized spacial score (nSPS) is 13.6. The van der Waals surface area contributed by atoms with Crippen molar-refractivity contribution in [3.63, 3.8) is 0 Å². The molecule has 1 aliphatic rings. The van der Waals surface area contributed by atoms with Gasteiger partial charge in [0, 0.05) is 11.1 Å². The molecule has 3 rings (SSSR count). The summed E-state index contributed by atoms with van der Waals surface area (Å²) in [7, 11) is 2.40. The number of anilines is 1. The molecule has 1 aliphatic heterocycles. The summed E-state index contributed by atoms with van der Waals surface area (Å²) in [4.78, 5) is 39.1. The van der Waals surface area contributed by atoms with Crippen LogP contribution in [0.15, 0.2) is 53.7 Å². The number of carbonyl (C=O) groups is 3. The predicted molar refractivity (Wildman–Crippen MR) is 117 cm³/mol. The van der Waals surface area contributed by atoms with Crippen LogP contribution in [0.5, 0.6) is 5.75 Å². The van der Waals surface area contributed by atoms with Crippen molar-refractivity contribution < 1.29 is 33.3 Å². The summed E-state index contributed by atoms with van der Waals surface area (Å²) in [6.07, 6.45) is 0. The lowest BCUT2D eigenvalue weighted by Gasteiger charge is -2.32. The van der Waals surface area contributed by atoms with Crippen LogP contribution in [0.1, 0.15) is 22.8 Å². The average Bonchev–Trinajstić information content (AvgIpc) is 2.83. The molecular formula is C23H22ClNO7. The molecule has 0 bridgehead atoms. The van der Waals surface area contributed by atoms with Gasteiger partial charge in [-0.05, 0) is 49.4 Å². The van der Waals surface area contributed by atoms with Gasteiger partial charge in [0.2, 0.25) is 0 Å². The fraction of sp³-hybridized carbons (Fsp3) is 0.261. The Kier molecular flexibility index (Phi) is 7.50. The van der Waals surface area contributed by atoms with Crippen LogP contribution in [0.4, 0.5) is 5.69 Å². The fourth-order valence-corrected chi connectivity index (χ4v) is 3.45. The number of benzene rings is 2. The number of ether oxygens (including phenoxy) is 4. The van der Waals surface area contributed by atoms with Crippen molar-refractivity contribution >= 4 is 35.0 Å². The Balaban J connectivity index is 2.02. The van der Waals surface area contributed by atoms with Gasteiger partial charge in [0.25, 0.3) is 0 Å². The monoisotopic (exact) mass is 459 g/mol. The minimum atomic E-state index is -0.756. The molecule has 0 radical (unpaired) electrons. The van der Waals surface area contributed by atoms with Gasteiger partial charge in [0.15, 0.2) is 5.78 Å². The number of halogens is 1. The first kappa shape index (κ1) is 23.3. The summed E-state index contributed by atoms with van der Waals surface area (Å²) in [5.74, 6) is -1.07. The second kappa shape index (κ2) is 10.3. The minimum absolute atomic E-state index is 0.00934. The molecule has 0 spiro atoms. The molecule has 2 aromatic rings. The Morgan fingerprint density at radius 3 is 2.28 bits per heavy atom. The highest BCUT2D eigenvalue weighted by Gasteiger charge is 2.33. The van der Waals surface area contributed by atoms with Crippen molar-refractivity contribution in [1.29, 1.82) is 0 Å². The van der Waals surface area contributed by atoms with Gasteiger partial charge in [-0.1, -0.05) is 11.6 Å². The summed E-state index contributed by atoms with van der Waals surface area (Å²) in [5.41, 5.74) is 1.03. The Hall–Kier alpha value is -3.36. The quantitative estimate of drug-likeness (QED) is 0.460. The third kappa shape index (κ3) is 4.76. The summed E-state index contributed by atoms with van der Waals surface area (Å²) in [6.45, 7) is 2.19. The van der Waals surface area contributed by atoms with Crippen LogP contribution in [0.3, 0.4) is 0 Å². The van der Waals surface area contributed by atoms with E-state index in [1.807, 2.05) is 6.92 Å². The smallest absolute Gasteiger partial charge is 0.355 e. The Labute approximate surface area is 190 Å². The number of ketones is 1. The molecule has 1 heterocycles. The molecule has 2 aromatic carbocycles. The number of methoxy groups -OCH3 is 2. The fourth-order valence-electron chi connectivity index (χ4n) is 3.23. The maximum atomic E-state index is 13.0. The van der Waals surface area contributed by atoms with Crippen LogP contribution in [0, 0.1) is 0 Å². The zero-order valence-electron chi connectivity index (χ0n) is 17.8. The molecule has 0 saturated heterocycles. The van der Waals surface area contributed by atoms with Crippen LogP contribution in [-0.4, -0.2) is 51.9 Å². The molecule has 0 atom stereocenters. The number of hydrogen-bond acceptors (Lipinski definition) is 8. The Morgan fingerprint density at radius 1 is 1.00 bits per heavy atom. The van der Waals surface area contributed by atoms with Gasteiger partial charge >= 0.3 is 11.9 Å². The maximum Gasteiger partial charge on any atom is 0.355 e. The van der Waals surface area contributed by atoms with Gasteiger partial charge in [0.05, 0.1) is 43.7 Å². The van der Waals surface area contributed by atoms with Crippen LogP contribution in [0.25, 0.3) is 0 Å². The highest BCUT2D eigenvalue weighted by atomic mass is 35.5. The first-order valence-electron chi connectivity index (χ1n) is 9.73. The summed E-state index contributed by atoms with van der Waals surface area (Å²) < 4.78 is 20.5. The lowest BCUT2D eigenvalue weighted by atomic mass is 10.0. The van der Waals surface area contributed by atoms with E-state index in [1.165, 1.54) is 25.2 Å². The van der Waals surface area contributed by atoms with Crippen molar-refractivity contribution in [1.82, 2.24) is 0 Å². The summed E-state index contributed by atoms with van der Waals surface area (Å²) in [6, 6.07) is 11.4. The van der Waals surface area contributed by atoms with Crippen molar-refractivity contribution in [2.24, 2.45) is 0 Å². The summed E-state index contributed by atoms with van der Waals surface area (Å²) in [5, 5.41) is 0.254. The number of esters is 2. The zero-order chi connectivity index (χ0) is 23.3. The van der Waals surface area contributed by atoms with E-state index in [9.17, 15) is 14.4 Å². The molecule has 32 heavy (non-hydrogen) atoms. The average molecular weight is 460 g/mol. The molecule has 0 aliphatic carbocycles. The molecule has 0 saturated carbocycles. The first-order valence-corrected chi connectivity index (χ1v) is 10.1. The van der Waals surface area contributed by atoms with E-state index < -0.39 is 11.9 Å². The minimum Gasteiger partial charge on any atom is -0.494 e. The van der Waals surface area contributed by atoms with Crippen molar-refractivity contribution in [2.75, 3.05) is 39.1 Å². The van der Waals surface area contributed by atoms with Gasteiger partial charge in [-0.15, -0.1) is 0 Å². The van der Waals surface area contributed by atoms with Crippen molar-refractivity contribution in [2.45, 2.75) is 6.92 Å². The second-order valence-corrected chi connectivity index (χ2v) is 7.08. The van der Waals surface area contributed by atoms with Gasteiger partial charge in [-0.3, -0.25) is 4.79 Å². The van der Waals surface area contributed by atoms with Crippen molar-refractivity contribution in [3.05, 3.63) is 69.9 Å². The molecule has 9 heteroatoms. The van der Waals surface area contributed by atoms with E-state index in [-0.39, 0.29) is 35.4 Å². The molecular weight excluding hydrogens is 438 g/mol. The van der Waals surface area contributed by atoms with E-state index in [0.29, 0.717) is 29.2 Å². The van der Waals surface area contributed by atoms with Gasteiger partial charge in [-0.2, -0.15) is 0 Å². The molecule has 168 valence electrons. The maximum absolute atomic E-state index is 13.0. The number of carbonyl (C=O) groups excluding carboxylic acids is 3. The lowest BCUT2D eigenvalue weighted by Crippen LogP contribution is -2.39. The highest BCUT2D eigenvalue weighted by Crippen LogP contribution is 2.34. The van der Waals surface area contributed by atoms with Crippen molar-refractivity contribution in [3.8, 4) is 5.75 Å². The number of hydrogen-bond donors (Lipinski definition) is 0. The molecule has 0 fully saturated rings. The SMILES string of the molecule is CCOc1ccc(C(=O)c2ccc(Cl)c(N3COCC(C(=O)OC)=C3C(=O)OC)c2)cc1. The van der Waals surface area contributed by atoms with E-state index in [1.54, 1.807) is 36.4 Å². The Morgan fingerprint density at radius 2 is 1.66 bits per heavy atom. The van der Waals surface area contributed by atoms with Gasteiger partial charge in [0.1, 0.15) is 18.2 Å². The predicted octanol–water partition coefficient (Wildman–Crippen LogP) is 3.36. The lowest BCUT2D eigenvalue weighted by molar-refractivity contribution is -0.140. The first-order chi connectivity index (χ1) is 15.4. The van der Waals surface area contributed by atoms with Gasteiger partial charge in [-0.25, -0.2) is 9.59 Å². The standard InChI is InChI=1S/C23H22ClNO7/c1-4-32-16-8-5-14(6-9-16)21(26)15-7-10-18(24)19(11-15)25-13-31-12-17(22(27)29-2)20(25)23(28)30-3/h5-11H,4,12-13H2,1-3H3. The van der Waals surface area contributed by atoms with Crippen LogP contribution in [-0.2, 0) is 23.8 Å². The van der Waals surface area contributed by atoms with E-state index in [0.717, 1.165) is 0 Å². The highest BCUT2D eigenvalue weighted by molar-refractivity contribution is 6.33. The number of nitrogens with zero attached hydrogens (tertiary/aromatic N) is 1. The summed E-state index contributed by atoms with van der Waals surface area (Å²) >= 11 is 6.39. The Bertz CT molecular complexity index is 1060. The molecule has 0 amide bonds. The molecule has 8 nitrogen and oxygen atoms in total. The molecule has 0 aromatic heterocycles. The second-order valence-electron chi connectivity index (χ2n) is 6.67. The van der Waals surface area contributed by atoms with E-state index in [2.05, 4.69) is 0 Å². The van der Waals surface area contributed by atoms with E-state index >= 15 is 0 Å². The largest absolute Gasteiger partial charge is 0.494 e. The topological polar surface area (TPSA) is 91.4 Å². The van der Waals surface area contributed by atoms with Crippen LogP contribution in [0.2, 0.25) is 5.02 Å².